The molecule has 0 spiro atoms. The van der Waals surface area contributed by atoms with E-state index in [9.17, 15) is 9.59 Å². The molecule has 98 valence electrons. The lowest BCUT2D eigenvalue weighted by atomic mass is 9.98. The lowest BCUT2D eigenvalue weighted by Crippen LogP contribution is -2.27. The fourth-order valence-corrected chi connectivity index (χ4v) is 1.75. The number of hydrogen-bond donors (Lipinski definition) is 0. The number of ether oxygens (including phenoxy) is 1. The number of carbonyl (C=O) groups is 2. The first-order valence-electron chi connectivity index (χ1n) is 6.04. The molecule has 1 atom stereocenters. The molecule has 0 saturated heterocycles. The van der Waals surface area contributed by atoms with Crippen molar-refractivity contribution in [2.24, 2.45) is 5.92 Å². The summed E-state index contributed by atoms with van der Waals surface area (Å²) in [6.45, 7) is 1.80. The average molecular weight is 269 g/mol. The van der Waals surface area contributed by atoms with E-state index in [1.54, 1.807) is 31.2 Å². The zero-order chi connectivity index (χ0) is 13.4. The Balaban J connectivity index is 2.59. The molecule has 0 saturated carbocycles. The summed E-state index contributed by atoms with van der Waals surface area (Å²) in [5.41, 5.74) is 0. The molecule has 1 aromatic rings. The first-order valence-corrected chi connectivity index (χ1v) is 6.58. The van der Waals surface area contributed by atoms with Crippen molar-refractivity contribution in [3.63, 3.8) is 0 Å². The average Bonchev–Trinajstić information content (AvgIpc) is 2.38. The van der Waals surface area contributed by atoms with Crippen LogP contribution in [0.5, 0.6) is 5.75 Å². The highest BCUT2D eigenvalue weighted by Gasteiger charge is 2.25. The summed E-state index contributed by atoms with van der Waals surface area (Å²) in [5.74, 6) is -0.377. The van der Waals surface area contributed by atoms with Crippen LogP contribution in [0.4, 0.5) is 0 Å². The monoisotopic (exact) mass is 268 g/mol. The van der Waals surface area contributed by atoms with Crippen LogP contribution in [-0.4, -0.2) is 17.6 Å². The molecule has 0 bridgehead atoms. The van der Waals surface area contributed by atoms with E-state index in [0.29, 0.717) is 30.9 Å². The van der Waals surface area contributed by atoms with Gasteiger partial charge in [-0.2, -0.15) is 0 Å². The van der Waals surface area contributed by atoms with Gasteiger partial charge >= 0.3 is 5.97 Å². The summed E-state index contributed by atoms with van der Waals surface area (Å²) in [7, 11) is 0. The van der Waals surface area contributed by atoms with Crippen molar-refractivity contribution in [2.75, 3.05) is 5.88 Å². The maximum Gasteiger partial charge on any atom is 0.321 e. The highest BCUT2D eigenvalue weighted by molar-refractivity contribution is 6.18. The molecule has 3 nitrogen and oxygen atoms in total. The van der Waals surface area contributed by atoms with E-state index in [1.165, 1.54) is 0 Å². The van der Waals surface area contributed by atoms with Gasteiger partial charge in [-0.3, -0.25) is 9.59 Å². The van der Waals surface area contributed by atoms with Crippen molar-refractivity contribution in [3.8, 4) is 5.75 Å². The summed E-state index contributed by atoms with van der Waals surface area (Å²) in [5, 5.41) is 0. The van der Waals surface area contributed by atoms with Crippen LogP contribution in [0.3, 0.4) is 0 Å². The van der Waals surface area contributed by atoms with Crippen molar-refractivity contribution in [2.45, 2.75) is 26.2 Å². The highest BCUT2D eigenvalue weighted by atomic mass is 35.5. The second-order valence-corrected chi connectivity index (χ2v) is 4.33. The predicted molar refractivity (Wildman–Crippen MR) is 70.8 cm³/mol. The Bertz CT molecular complexity index is 389. The lowest BCUT2D eigenvalue weighted by Gasteiger charge is -2.12. The van der Waals surface area contributed by atoms with Crippen LogP contribution in [0.15, 0.2) is 30.3 Å². The van der Waals surface area contributed by atoms with Crippen LogP contribution in [0.2, 0.25) is 0 Å². The van der Waals surface area contributed by atoms with E-state index in [0.717, 1.165) is 0 Å². The SMILES string of the molecule is CCC(C(=O)CCCCl)C(=O)Oc1ccccc1. The lowest BCUT2D eigenvalue weighted by molar-refractivity contribution is -0.144. The van der Waals surface area contributed by atoms with Crippen LogP contribution in [0, 0.1) is 5.92 Å². The third kappa shape index (κ3) is 4.49. The quantitative estimate of drug-likeness (QED) is 0.330. The molecule has 0 radical (unpaired) electrons. The fourth-order valence-electron chi connectivity index (χ4n) is 1.62. The third-order valence-corrected chi connectivity index (χ3v) is 2.87. The van der Waals surface area contributed by atoms with Crippen molar-refractivity contribution in [1.29, 1.82) is 0 Å². The Hall–Kier alpha value is -1.35. The topological polar surface area (TPSA) is 43.4 Å². The van der Waals surface area contributed by atoms with Gasteiger partial charge in [-0.05, 0) is 25.0 Å². The molecule has 1 aromatic carbocycles. The number of esters is 1. The van der Waals surface area contributed by atoms with Crippen LogP contribution in [0.25, 0.3) is 0 Å². The van der Waals surface area contributed by atoms with Crippen LogP contribution in [-0.2, 0) is 9.59 Å². The van der Waals surface area contributed by atoms with Crippen LogP contribution >= 0.6 is 11.6 Å². The van der Waals surface area contributed by atoms with Gasteiger partial charge in [-0.1, -0.05) is 25.1 Å². The highest BCUT2D eigenvalue weighted by Crippen LogP contribution is 2.15. The second kappa shape index (κ2) is 7.88. The molecule has 0 aliphatic carbocycles. The van der Waals surface area contributed by atoms with E-state index in [1.807, 2.05) is 6.07 Å². The molecule has 0 aromatic heterocycles. The molecule has 1 rings (SSSR count). The number of ketones is 1. The molecular weight excluding hydrogens is 252 g/mol. The Labute approximate surface area is 112 Å². The zero-order valence-corrected chi connectivity index (χ0v) is 11.2. The van der Waals surface area contributed by atoms with Crippen LogP contribution in [0.1, 0.15) is 26.2 Å². The Morgan fingerprint density at radius 1 is 1.28 bits per heavy atom. The molecule has 0 amide bonds. The molecule has 4 heteroatoms. The number of benzene rings is 1. The van der Waals surface area contributed by atoms with Crippen molar-refractivity contribution in [3.05, 3.63) is 30.3 Å². The van der Waals surface area contributed by atoms with Gasteiger partial charge in [0.05, 0.1) is 0 Å². The number of alkyl halides is 1. The Kier molecular flexibility index (Phi) is 6.44. The molecule has 0 fully saturated rings. The minimum atomic E-state index is -0.687. The molecule has 0 aliphatic rings. The first kappa shape index (κ1) is 14.7. The molecular formula is C14H17ClO3. The molecule has 0 heterocycles. The van der Waals surface area contributed by atoms with Gasteiger partial charge in [0.25, 0.3) is 0 Å². The number of para-hydroxylation sites is 1. The number of carbonyl (C=O) groups excluding carboxylic acids is 2. The predicted octanol–water partition coefficient (Wildman–Crippen LogP) is 3.21. The Morgan fingerprint density at radius 3 is 2.50 bits per heavy atom. The van der Waals surface area contributed by atoms with Gasteiger partial charge in [0.1, 0.15) is 17.5 Å². The summed E-state index contributed by atoms with van der Waals surface area (Å²) in [6, 6.07) is 8.76. The van der Waals surface area contributed by atoms with E-state index >= 15 is 0 Å². The maximum atomic E-state index is 11.9. The van der Waals surface area contributed by atoms with Gasteiger partial charge < -0.3 is 4.74 Å². The summed E-state index contributed by atoms with van der Waals surface area (Å²) >= 11 is 5.53. The summed E-state index contributed by atoms with van der Waals surface area (Å²) < 4.78 is 5.18. The molecule has 0 N–H and O–H groups in total. The van der Waals surface area contributed by atoms with E-state index in [4.69, 9.17) is 16.3 Å². The number of hydrogen-bond acceptors (Lipinski definition) is 3. The van der Waals surface area contributed by atoms with Crippen molar-refractivity contribution in [1.82, 2.24) is 0 Å². The Morgan fingerprint density at radius 2 is 1.94 bits per heavy atom. The van der Waals surface area contributed by atoms with E-state index in [-0.39, 0.29) is 5.78 Å². The molecule has 0 aliphatic heterocycles. The summed E-state index contributed by atoms with van der Waals surface area (Å²) in [6.07, 6.45) is 1.37. The molecule has 1 unspecified atom stereocenters. The normalized spacial score (nSPS) is 11.9. The third-order valence-electron chi connectivity index (χ3n) is 2.60. The van der Waals surface area contributed by atoms with E-state index < -0.39 is 11.9 Å². The van der Waals surface area contributed by atoms with Crippen molar-refractivity contribution >= 4 is 23.4 Å². The van der Waals surface area contributed by atoms with Gasteiger partial charge in [0, 0.05) is 12.3 Å². The fraction of sp³-hybridized carbons (Fsp3) is 0.429. The number of halogens is 1. The van der Waals surface area contributed by atoms with Crippen molar-refractivity contribution < 1.29 is 14.3 Å². The summed E-state index contributed by atoms with van der Waals surface area (Å²) in [4.78, 5) is 23.7. The zero-order valence-electron chi connectivity index (χ0n) is 10.4. The van der Waals surface area contributed by atoms with Gasteiger partial charge in [0.15, 0.2) is 0 Å². The minimum absolute atomic E-state index is 0.0981. The number of rotatable bonds is 7. The number of Topliss-reactive ketones (excluding diaryl/α,β-unsaturated/α-hetero) is 1. The second-order valence-electron chi connectivity index (χ2n) is 3.95. The van der Waals surface area contributed by atoms with Gasteiger partial charge in [-0.25, -0.2) is 0 Å². The smallest absolute Gasteiger partial charge is 0.321 e. The van der Waals surface area contributed by atoms with Gasteiger partial charge in [-0.15, -0.1) is 11.6 Å². The van der Waals surface area contributed by atoms with Crippen LogP contribution < -0.4 is 4.74 Å². The standard InChI is InChI=1S/C14H17ClO3/c1-2-12(13(16)9-6-10-15)14(17)18-11-7-4-3-5-8-11/h3-5,7-8,12H,2,6,9-10H2,1H3. The molecule has 18 heavy (non-hydrogen) atoms. The largest absolute Gasteiger partial charge is 0.426 e. The van der Waals surface area contributed by atoms with Gasteiger partial charge in [0.2, 0.25) is 0 Å². The minimum Gasteiger partial charge on any atom is -0.426 e. The first-order chi connectivity index (χ1) is 8.69. The van der Waals surface area contributed by atoms with E-state index in [2.05, 4.69) is 0 Å². The maximum absolute atomic E-state index is 11.9.